The fourth-order valence-electron chi connectivity index (χ4n) is 6.33. The molecule has 6 rings (SSSR count). The van der Waals surface area contributed by atoms with Crippen molar-refractivity contribution in [1.29, 1.82) is 0 Å². The van der Waals surface area contributed by atoms with Gasteiger partial charge in [-0.15, -0.1) is 0 Å². The minimum atomic E-state index is -1.22. The zero-order valence-corrected chi connectivity index (χ0v) is 22.1. The first-order valence-electron chi connectivity index (χ1n) is 11.7. The van der Waals surface area contributed by atoms with E-state index < -0.39 is 62.2 Å². The van der Waals surface area contributed by atoms with Gasteiger partial charge < -0.3 is 0 Å². The molecule has 0 radical (unpaired) electrons. The highest BCUT2D eigenvalue weighted by Crippen LogP contribution is 2.49. The minimum absolute atomic E-state index is 0.0433. The number of rotatable bonds is 5. The number of hydrogen-bond donors (Lipinski definition) is 0. The van der Waals surface area contributed by atoms with Gasteiger partial charge in [0.05, 0.1) is 6.67 Å². The molecular weight excluding hydrogens is 550 g/mol. The predicted octanol–water partition coefficient (Wildman–Crippen LogP) is -4.05. The molecule has 6 aliphatic heterocycles. The Balaban J connectivity index is 0.000000202. The van der Waals surface area contributed by atoms with Gasteiger partial charge in [0.1, 0.15) is 25.7 Å². The molecule has 0 amide bonds. The molecule has 40 heavy (non-hydrogen) atoms. The standard InChI is InChI=1S/C9H15N9O6.C6H14N6O4/c1-10-4-8-13(16(19)20)6(11(4)2)7-12(3)5(10)9(14(7)17(21)22)15(8)18(23)24;1-7-3-8(2)5-10(12(15)16)6-9(4-7)11(13)14/h4-9H,1-3H3;3-6H2,1-2H3. The maximum Gasteiger partial charge on any atom is 0.251 e. The van der Waals surface area contributed by atoms with E-state index in [0.717, 1.165) is 20.0 Å². The van der Waals surface area contributed by atoms with Crippen LogP contribution in [0.3, 0.4) is 0 Å². The average molecular weight is 579 g/mol. The van der Waals surface area contributed by atoms with Crippen molar-refractivity contribution in [3.63, 3.8) is 0 Å². The number of likely N-dealkylation sites (N-methyl/N-ethyl adjacent to an activating group) is 3. The molecule has 6 atom stereocenters. The second-order valence-electron chi connectivity index (χ2n) is 10.1. The number of nitro groups is 5. The van der Waals surface area contributed by atoms with Gasteiger partial charge in [-0.3, -0.25) is 24.5 Å². The van der Waals surface area contributed by atoms with Crippen LogP contribution in [0.1, 0.15) is 0 Å². The first kappa shape index (κ1) is 28.8. The summed E-state index contributed by atoms with van der Waals surface area (Å²) in [4.78, 5) is 64.6. The van der Waals surface area contributed by atoms with Crippen LogP contribution in [-0.4, -0.2) is 174 Å². The quantitative estimate of drug-likeness (QED) is 0.222. The Bertz CT molecular complexity index is 1010. The molecule has 6 saturated heterocycles. The molecule has 0 aromatic heterocycles. The summed E-state index contributed by atoms with van der Waals surface area (Å²) in [5.41, 5.74) is 0. The van der Waals surface area contributed by atoms with Gasteiger partial charge >= 0.3 is 0 Å². The summed E-state index contributed by atoms with van der Waals surface area (Å²) in [5, 5.41) is 56.6. The molecule has 0 saturated carbocycles. The van der Waals surface area contributed by atoms with Gasteiger partial charge in [0, 0.05) is 0 Å². The third-order valence-corrected chi connectivity index (χ3v) is 7.58. The van der Waals surface area contributed by atoms with Gasteiger partial charge in [0.25, 0.3) is 12.3 Å². The van der Waals surface area contributed by atoms with Crippen LogP contribution in [0.15, 0.2) is 0 Å². The van der Waals surface area contributed by atoms with E-state index in [2.05, 4.69) is 0 Å². The normalized spacial score (nSPS) is 33.0. The van der Waals surface area contributed by atoms with Crippen LogP contribution in [-0.2, 0) is 0 Å². The maximum absolute atomic E-state index is 11.7. The van der Waals surface area contributed by atoms with E-state index in [9.17, 15) is 50.6 Å². The van der Waals surface area contributed by atoms with Crippen molar-refractivity contribution in [1.82, 2.24) is 49.5 Å². The summed E-state index contributed by atoms with van der Waals surface area (Å²) < 4.78 is 0. The number of hydrazine groups is 5. The molecule has 224 valence electrons. The van der Waals surface area contributed by atoms with Gasteiger partial charge in [-0.2, -0.15) is 0 Å². The first-order valence-corrected chi connectivity index (χ1v) is 11.7. The molecule has 25 heteroatoms. The zero-order valence-electron chi connectivity index (χ0n) is 22.1. The highest BCUT2D eigenvalue weighted by atomic mass is 16.7. The van der Waals surface area contributed by atoms with E-state index in [4.69, 9.17) is 0 Å². The monoisotopic (exact) mass is 579 g/mol. The summed E-state index contributed by atoms with van der Waals surface area (Å²) in [6, 6.07) is 0. The molecule has 6 bridgehead atoms. The van der Waals surface area contributed by atoms with Crippen LogP contribution >= 0.6 is 0 Å². The third-order valence-electron chi connectivity index (χ3n) is 7.58. The van der Waals surface area contributed by atoms with E-state index >= 15 is 0 Å². The van der Waals surface area contributed by atoms with Crippen molar-refractivity contribution in [2.24, 2.45) is 0 Å². The van der Waals surface area contributed by atoms with E-state index in [0.29, 0.717) is 11.7 Å². The second kappa shape index (κ2) is 10.1. The molecule has 0 aliphatic carbocycles. The van der Waals surface area contributed by atoms with Crippen molar-refractivity contribution >= 4 is 0 Å². The summed E-state index contributed by atoms with van der Waals surface area (Å²) >= 11 is 0. The molecule has 6 unspecified atom stereocenters. The first-order chi connectivity index (χ1) is 18.6. The topological polar surface area (TPSA) is 248 Å². The summed E-state index contributed by atoms with van der Waals surface area (Å²) in [6.07, 6.45) is -5.70. The van der Waals surface area contributed by atoms with E-state index in [1.165, 1.54) is 0 Å². The third kappa shape index (κ3) is 4.31. The maximum atomic E-state index is 11.7. The minimum Gasteiger partial charge on any atom is -0.271 e. The average Bonchev–Trinajstić information content (AvgIpc) is 3.22. The Hall–Kier alpha value is -4.20. The highest BCUT2D eigenvalue weighted by Gasteiger charge is 2.79. The van der Waals surface area contributed by atoms with Gasteiger partial charge in [-0.05, 0) is 35.2 Å². The van der Waals surface area contributed by atoms with Crippen LogP contribution in [0, 0.1) is 50.6 Å². The van der Waals surface area contributed by atoms with Gasteiger partial charge in [-0.25, -0.2) is 50.6 Å². The Labute approximate surface area is 225 Å². The van der Waals surface area contributed by atoms with Crippen molar-refractivity contribution in [3.05, 3.63) is 50.6 Å². The largest absolute Gasteiger partial charge is 0.271 e. The molecule has 0 aromatic rings. The lowest BCUT2D eigenvalue weighted by atomic mass is 10.1. The van der Waals surface area contributed by atoms with Crippen molar-refractivity contribution in [2.75, 3.05) is 61.9 Å². The number of nitrogens with zero attached hydrogens (tertiary/aromatic N) is 15. The zero-order chi connectivity index (χ0) is 30.0. The fourth-order valence-corrected chi connectivity index (χ4v) is 6.33. The smallest absolute Gasteiger partial charge is 0.251 e. The number of hydrogen-bond acceptors (Lipinski definition) is 15. The lowest BCUT2D eigenvalue weighted by Gasteiger charge is -2.46. The molecule has 6 heterocycles. The number of piperazine rings is 1. The van der Waals surface area contributed by atoms with Crippen LogP contribution in [0.5, 0.6) is 0 Å². The Morgan fingerprint density at radius 3 is 1.02 bits per heavy atom. The molecule has 6 fully saturated rings. The fraction of sp³-hybridized carbons (Fsp3) is 1.00. The lowest BCUT2D eigenvalue weighted by Crippen LogP contribution is -2.74. The molecular formula is C15H29N15O10. The van der Waals surface area contributed by atoms with E-state index in [1.54, 1.807) is 59.7 Å². The molecule has 0 N–H and O–H groups in total. The highest BCUT2D eigenvalue weighted by molar-refractivity contribution is 5.11. The van der Waals surface area contributed by atoms with Gasteiger partial charge in [-0.1, -0.05) is 25.0 Å². The predicted molar refractivity (Wildman–Crippen MR) is 125 cm³/mol. The SMILES string of the molecule is CN1C2C3N([N+](=O)[O-])C(C4N(C)C1C(N4[N+](=O)[O-])N3[N+](=O)[O-])N2C.CN1CN(C)CN([N+](=O)[O-])CN([N+](=O)[O-])C1. The van der Waals surface area contributed by atoms with Crippen LogP contribution in [0.25, 0.3) is 0 Å². The van der Waals surface area contributed by atoms with Crippen molar-refractivity contribution < 1.29 is 25.2 Å². The van der Waals surface area contributed by atoms with Gasteiger partial charge in [0.15, 0.2) is 37.5 Å². The second-order valence-corrected chi connectivity index (χ2v) is 10.1. The Morgan fingerprint density at radius 2 is 0.725 bits per heavy atom. The van der Waals surface area contributed by atoms with E-state index in [1.807, 2.05) is 0 Å². The lowest BCUT2D eigenvalue weighted by molar-refractivity contribution is -0.753. The molecule has 25 nitrogen and oxygen atoms in total. The van der Waals surface area contributed by atoms with Crippen molar-refractivity contribution in [3.8, 4) is 0 Å². The Kier molecular flexibility index (Phi) is 7.26. The van der Waals surface area contributed by atoms with E-state index in [-0.39, 0.29) is 20.0 Å². The summed E-state index contributed by atoms with van der Waals surface area (Å²) in [7, 11) is 8.29. The molecule has 0 spiro atoms. The van der Waals surface area contributed by atoms with Crippen LogP contribution in [0.4, 0.5) is 0 Å². The summed E-state index contributed by atoms with van der Waals surface area (Å²) in [5.74, 6) is 0. The van der Waals surface area contributed by atoms with Crippen molar-refractivity contribution in [2.45, 2.75) is 37.0 Å². The van der Waals surface area contributed by atoms with Crippen LogP contribution in [0.2, 0.25) is 0 Å². The summed E-state index contributed by atoms with van der Waals surface area (Å²) in [6.45, 7) is 0.173. The van der Waals surface area contributed by atoms with Crippen LogP contribution < -0.4 is 0 Å². The molecule has 0 aromatic carbocycles. The van der Waals surface area contributed by atoms with Gasteiger partial charge in [0.2, 0.25) is 6.67 Å². The molecule has 6 aliphatic rings. The Morgan fingerprint density at radius 1 is 0.425 bits per heavy atom.